The molecule has 1 aliphatic rings. The standard InChI is InChI=1S/C11H21NO3/c1-3-12(6-7-15-2)9-11(4-5-11)8-10(13)14/h3-9H2,1-2H3,(H,13,14). The van der Waals surface area contributed by atoms with Gasteiger partial charge in [0.1, 0.15) is 0 Å². The third kappa shape index (κ3) is 4.18. The number of hydrogen-bond acceptors (Lipinski definition) is 3. The van der Waals surface area contributed by atoms with Crippen molar-refractivity contribution in [3.8, 4) is 0 Å². The van der Waals surface area contributed by atoms with E-state index in [0.717, 1.165) is 39.1 Å². The second-order valence-corrected chi connectivity index (χ2v) is 4.43. The van der Waals surface area contributed by atoms with Gasteiger partial charge in [-0.15, -0.1) is 0 Å². The molecular formula is C11H21NO3. The molecule has 0 saturated heterocycles. The van der Waals surface area contributed by atoms with Crippen LogP contribution in [0.1, 0.15) is 26.2 Å². The highest BCUT2D eigenvalue weighted by atomic mass is 16.5. The fourth-order valence-corrected chi connectivity index (χ4v) is 1.93. The van der Waals surface area contributed by atoms with Crippen molar-refractivity contribution in [3.63, 3.8) is 0 Å². The van der Waals surface area contributed by atoms with Gasteiger partial charge in [-0.25, -0.2) is 0 Å². The molecule has 1 saturated carbocycles. The van der Waals surface area contributed by atoms with E-state index in [1.54, 1.807) is 7.11 Å². The fourth-order valence-electron chi connectivity index (χ4n) is 1.93. The lowest BCUT2D eigenvalue weighted by Crippen LogP contribution is -2.34. The second kappa shape index (κ2) is 5.47. The van der Waals surface area contributed by atoms with E-state index in [1.807, 2.05) is 0 Å². The van der Waals surface area contributed by atoms with Gasteiger partial charge in [0.15, 0.2) is 0 Å². The summed E-state index contributed by atoms with van der Waals surface area (Å²) >= 11 is 0. The highest BCUT2D eigenvalue weighted by Gasteiger charge is 2.45. The molecule has 15 heavy (non-hydrogen) atoms. The van der Waals surface area contributed by atoms with Crippen molar-refractivity contribution in [2.45, 2.75) is 26.2 Å². The van der Waals surface area contributed by atoms with Crippen molar-refractivity contribution in [2.24, 2.45) is 5.41 Å². The average molecular weight is 215 g/mol. The number of methoxy groups -OCH3 is 1. The molecule has 1 rings (SSSR count). The Morgan fingerprint density at radius 2 is 2.20 bits per heavy atom. The van der Waals surface area contributed by atoms with Crippen LogP contribution in [0.25, 0.3) is 0 Å². The number of likely N-dealkylation sites (N-methyl/N-ethyl adjacent to an activating group) is 1. The molecule has 88 valence electrons. The molecule has 0 aromatic carbocycles. The summed E-state index contributed by atoms with van der Waals surface area (Å²) in [7, 11) is 1.69. The van der Waals surface area contributed by atoms with Crippen LogP contribution in [0.4, 0.5) is 0 Å². The SMILES string of the molecule is CCN(CCOC)CC1(CC(=O)O)CC1. The average Bonchev–Trinajstić information content (AvgIpc) is 2.91. The van der Waals surface area contributed by atoms with E-state index in [-0.39, 0.29) is 5.41 Å². The topological polar surface area (TPSA) is 49.8 Å². The van der Waals surface area contributed by atoms with E-state index in [9.17, 15) is 4.79 Å². The third-order valence-corrected chi connectivity index (χ3v) is 3.10. The van der Waals surface area contributed by atoms with E-state index < -0.39 is 5.97 Å². The van der Waals surface area contributed by atoms with Crippen molar-refractivity contribution in [3.05, 3.63) is 0 Å². The van der Waals surface area contributed by atoms with E-state index in [2.05, 4.69) is 11.8 Å². The Balaban J connectivity index is 2.33. The van der Waals surface area contributed by atoms with Gasteiger partial charge in [0.05, 0.1) is 13.0 Å². The number of rotatable bonds is 8. The molecule has 0 aromatic rings. The van der Waals surface area contributed by atoms with Crippen LogP contribution in [-0.4, -0.2) is 49.3 Å². The van der Waals surface area contributed by atoms with Crippen LogP contribution < -0.4 is 0 Å². The van der Waals surface area contributed by atoms with Gasteiger partial charge in [0.25, 0.3) is 0 Å². The fraction of sp³-hybridized carbons (Fsp3) is 0.909. The van der Waals surface area contributed by atoms with Crippen LogP contribution in [0.3, 0.4) is 0 Å². The molecule has 0 atom stereocenters. The summed E-state index contributed by atoms with van der Waals surface area (Å²) in [4.78, 5) is 13.0. The Labute approximate surface area is 91.2 Å². The van der Waals surface area contributed by atoms with Crippen molar-refractivity contribution >= 4 is 5.97 Å². The molecule has 0 aromatic heterocycles. The number of carboxylic acids is 1. The van der Waals surface area contributed by atoms with Gasteiger partial charge in [-0.05, 0) is 24.8 Å². The Morgan fingerprint density at radius 1 is 1.53 bits per heavy atom. The van der Waals surface area contributed by atoms with Crippen LogP contribution >= 0.6 is 0 Å². The maximum absolute atomic E-state index is 10.7. The number of ether oxygens (including phenoxy) is 1. The summed E-state index contributed by atoms with van der Waals surface area (Å²) in [5, 5.41) is 8.81. The number of carboxylic acid groups (broad SMARTS) is 1. The smallest absolute Gasteiger partial charge is 0.303 e. The molecule has 0 radical (unpaired) electrons. The van der Waals surface area contributed by atoms with Gasteiger partial charge in [0, 0.05) is 20.2 Å². The van der Waals surface area contributed by atoms with Crippen LogP contribution in [0.5, 0.6) is 0 Å². The maximum Gasteiger partial charge on any atom is 0.303 e. The molecule has 0 heterocycles. The first kappa shape index (κ1) is 12.5. The first-order valence-corrected chi connectivity index (χ1v) is 5.55. The minimum atomic E-state index is -0.671. The predicted octanol–water partition coefficient (Wildman–Crippen LogP) is 1.21. The van der Waals surface area contributed by atoms with Crippen molar-refractivity contribution in [1.82, 2.24) is 4.90 Å². The van der Waals surface area contributed by atoms with Crippen LogP contribution in [0.15, 0.2) is 0 Å². The molecule has 0 amide bonds. The van der Waals surface area contributed by atoms with Crippen LogP contribution in [0, 0.1) is 5.41 Å². The Morgan fingerprint density at radius 3 is 2.60 bits per heavy atom. The molecule has 4 nitrogen and oxygen atoms in total. The second-order valence-electron chi connectivity index (χ2n) is 4.43. The minimum absolute atomic E-state index is 0.0651. The van der Waals surface area contributed by atoms with Crippen molar-refractivity contribution in [2.75, 3.05) is 33.4 Å². The Bertz CT molecular complexity index is 214. The molecule has 1 N–H and O–H groups in total. The first-order chi connectivity index (χ1) is 7.12. The zero-order valence-corrected chi connectivity index (χ0v) is 9.66. The molecular weight excluding hydrogens is 194 g/mol. The van der Waals surface area contributed by atoms with E-state index in [0.29, 0.717) is 6.42 Å². The minimum Gasteiger partial charge on any atom is -0.481 e. The molecule has 0 spiro atoms. The lowest BCUT2D eigenvalue weighted by atomic mass is 10.0. The van der Waals surface area contributed by atoms with E-state index >= 15 is 0 Å². The largest absolute Gasteiger partial charge is 0.481 e. The van der Waals surface area contributed by atoms with Crippen molar-refractivity contribution in [1.29, 1.82) is 0 Å². The van der Waals surface area contributed by atoms with Crippen LogP contribution in [-0.2, 0) is 9.53 Å². The molecule has 0 unspecified atom stereocenters. The molecule has 1 fully saturated rings. The lowest BCUT2D eigenvalue weighted by molar-refractivity contribution is -0.138. The quantitative estimate of drug-likeness (QED) is 0.661. The van der Waals surface area contributed by atoms with Gasteiger partial charge in [-0.1, -0.05) is 6.92 Å². The van der Waals surface area contributed by atoms with Gasteiger partial charge >= 0.3 is 5.97 Å². The van der Waals surface area contributed by atoms with Gasteiger partial charge in [-0.2, -0.15) is 0 Å². The number of nitrogens with zero attached hydrogens (tertiary/aromatic N) is 1. The van der Waals surface area contributed by atoms with Crippen molar-refractivity contribution < 1.29 is 14.6 Å². The number of aliphatic carboxylic acids is 1. The maximum atomic E-state index is 10.7. The zero-order valence-electron chi connectivity index (χ0n) is 9.66. The number of carbonyl (C=O) groups is 1. The summed E-state index contributed by atoms with van der Waals surface area (Å²) in [5.74, 6) is -0.671. The monoisotopic (exact) mass is 215 g/mol. The lowest BCUT2D eigenvalue weighted by Gasteiger charge is -2.25. The Hall–Kier alpha value is -0.610. The Kier molecular flexibility index (Phi) is 4.54. The van der Waals surface area contributed by atoms with Gasteiger partial charge < -0.3 is 14.7 Å². The first-order valence-electron chi connectivity index (χ1n) is 5.55. The highest BCUT2D eigenvalue weighted by Crippen LogP contribution is 2.49. The van der Waals surface area contributed by atoms with Gasteiger partial charge in [-0.3, -0.25) is 4.79 Å². The highest BCUT2D eigenvalue weighted by molar-refractivity contribution is 5.68. The molecule has 4 heteroatoms. The van der Waals surface area contributed by atoms with E-state index in [1.165, 1.54) is 0 Å². The van der Waals surface area contributed by atoms with Gasteiger partial charge in [0.2, 0.25) is 0 Å². The van der Waals surface area contributed by atoms with E-state index in [4.69, 9.17) is 9.84 Å². The molecule has 0 aliphatic heterocycles. The summed E-state index contributed by atoms with van der Waals surface area (Å²) in [5.41, 5.74) is 0.0651. The molecule has 0 bridgehead atoms. The van der Waals surface area contributed by atoms with Crippen LogP contribution in [0.2, 0.25) is 0 Å². The normalized spacial score (nSPS) is 18.1. The summed E-state index contributed by atoms with van der Waals surface area (Å²) in [6.45, 7) is 5.59. The summed E-state index contributed by atoms with van der Waals surface area (Å²) < 4.78 is 5.03. The summed E-state index contributed by atoms with van der Waals surface area (Å²) in [6, 6.07) is 0. The zero-order chi connectivity index (χ0) is 11.3. The third-order valence-electron chi connectivity index (χ3n) is 3.10. The summed E-state index contributed by atoms with van der Waals surface area (Å²) in [6.07, 6.45) is 2.43. The molecule has 1 aliphatic carbocycles. The predicted molar refractivity (Wildman–Crippen MR) is 57.9 cm³/mol. The number of hydrogen-bond donors (Lipinski definition) is 1.